The van der Waals surface area contributed by atoms with Crippen molar-refractivity contribution in [2.45, 2.75) is 64.8 Å². The minimum atomic E-state index is -1.22. The maximum atomic E-state index is 12.7. The van der Waals surface area contributed by atoms with E-state index >= 15 is 0 Å². The lowest BCUT2D eigenvalue weighted by molar-refractivity contribution is 0.00649. The van der Waals surface area contributed by atoms with Crippen LogP contribution in [0.2, 0.25) is 25.7 Å². The summed E-state index contributed by atoms with van der Waals surface area (Å²) in [7, 11) is 0.439. The number of fused-ring (bicyclic) bond motifs is 1. The Balaban J connectivity index is 1.48. The summed E-state index contributed by atoms with van der Waals surface area (Å²) < 4.78 is 19.0. The molecule has 0 spiro atoms. The number of para-hydroxylation sites is 1. The summed E-state index contributed by atoms with van der Waals surface area (Å²) in [6, 6.07) is 12.1. The predicted molar refractivity (Wildman–Crippen MR) is 160 cm³/mol. The van der Waals surface area contributed by atoms with Crippen LogP contribution >= 0.6 is 0 Å². The van der Waals surface area contributed by atoms with Crippen molar-refractivity contribution in [3.05, 3.63) is 42.6 Å². The molecular weight excluding hydrogens is 526 g/mol. The molecule has 2 aromatic heterocycles. The van der Waals surface area contributed by atoms with Gasteiger partial charge in [-0.1, -0.05) is 37.8 Å². The molecule has 1 aliphatic rings. The van der Waals surface area contributed by atoms with E-state index in [9.17, 15) is 9.59 Å². The molecule has 1 fully saturated rings. The molecule has 3 aromatic rings. The van der Waals surface area contributed by atoms with Crippen molar-refractivity contribution in [2.75, 3.05) is 32.1 Å². The van der Waals surface area contributed by atoms with Gasteiger partial charge in [0.05, 0.1) is 13.2 Å². The summed E-state index contributed by atoms with van der Waals surface area (Å²) in [5, 5.41) is 6.65. The Morgan fingerprint density at radius 1 is 1.07 bits per heavy atom. The number of benzene rings is 1. The quantitative estimate of drug-likeness (QED) is 0.251. The number of nitrogens with one attached hydrogen (secondary N) is 2. The molecule has 1 aromatic carbocycles. The molecule has 0 saturated carbocycles. The van der Waals surface area contributed by atoms with Gasteiger partial charge in [0.2, 0.25) is 0 Å². The van der Waals surface area contributed by atoms with Gasteiger partial charge in [-0.3, -0.25) is 5.32 Å². The Morgan fingerprint density at radius 2 is 1.80 bits per heavy atom. The van der Waals surface area contributed by atoms with Crippen LogP contribution in [0.4, 0.5) is 15.4 Å². The van der Waals surface area contributed by atoms with E-state index in [1.54, 1.807) is 18.1 Å². The average Bonchev–Trinajstić information content (AvgIpc) is 3.19. The second kappa shape index (κ2) is 11.9. The van der Waals surface area contributed by atoms with E-state index in [0.717, 1.165) is 28.3 Å². The van der Waals surface area contributed by atoms with Crippen molar-refractivity contribution >= 4 is 37.0 Å². The zero-order valence-corrected chi connectivity index (χ0v) is 25.5. The first kappa shape index (κ1) is 29.4. The Bertz CT molecular complexity index is 1360. The van der Waals surface area contributed by atoms with Gasteiger partial charge in [0.25, 0.3) is 0 Å². The third-order valence-electron chi connectivity index (χ3n) is 6.46. The molecule has 1 aliphatic heterocycles. The molecule has 1 saturated heterocycles. The first-order chi connectivity index (χ1) is 18.8. The normalized spacial score (nSPS) is 14.1. The number of rotatable bonds is 9. The first-order valence-electron chi connectivity index (χ1n) is 13.6. The number of nitrogens with zero attached hydrogens (tertiary/aromatic N) is 3. The van der Waals surface area contributed by atoms with Gasteiger partial charge in [-0.2, -0.15) is 0 Å². The summed E-state index contributed by atoms with van der Waals surface area (Å²) in [4.78, 5) is 31.2. The number of methoxy groups -OCH3 is 1. The van der Waals surface area contributed by atoms with Crippen LogP contribution in [-0.4, -0.2) is 73.1 Å². The lowest BCUT2D eigenvalue weighted by Gasteiger charge is -2.39. The number of anilines is 1. The van der Waals surface area contributed by atoms with Gasteiger partial charge < -0.3 is 29.0 Å². The number of pyridine rings is 1. The van der Waals surface area contributed by atoms with Crippen molar-refractivity contribution in [2.24, 2.45) is 0 Å². The molecule has 0 atom stereocenters. The molecule has 0 unspecified atom stereocenters. The smallest absolute Gasteiger partial charge is 0.410 e. The zero-order valence-electron chi connectivity index (χ0n) is 24.5. The summed E-state index contributed by atoms with van der Waals surface area (Å²) in [5.74, 6) is 1.19. The van der Waals surface area contributed by atoms with E-state index in [1.807, 2.05) is 61.9 Å². The van der Waals surface area contributed by atoms with Gasteiger partial charge in [0.1, 0.15) is 29.5 Å². The Hall–Kier alpha value is -3.57. The number of likely N-dealkylation sites (tertiary alicyclic amines) is 1. The van der Waals surface area contributed by atoms with Gasteiger partial charge >= 0.3 is 12.1 Å². The van der Waals surface area contributed by atoms with Crippen molar-refractivity contribution in [1.82, 2.24) is 19.8 Å². The van der Waals surface area contributed by atoms with Gasteiger partial charge in [-0.15, -0.1) is 0 Å². The van der Waals surface area contributed by atoms with Gasteiger partial charge in [0.15, 0.2) is 0 Å². The lowest BCUT2D eigenvalue weighted by Crippen LogP contribution is -2.62. The third-order valence-corrected chi connectivity index (χ3v) is 8.16. The number of hydrogen-bond donors (Lipinski definition) is 2. The highest BCUT2D eigenvalue weighted by Gasteiger charge is 2.34. The van der Waals surface area contributed by atoms with Gasteiger partial charge in [0, 0.05) is 50.5 Å². The monoisotopic (exact) mass is 567 g/mol. The average molecular weight is 568 g/mol. The molecule has 3 heterocycles. The van der Waals surface area contributed by atoms with Crippen LogP contribution in [0, 0.1) is 0 Å². The highest BCUT2D eigenvalue weighted by Crippen LogP contribution is 2.36. The van der Waals surface area contributed by atoms with E-state index in [1.165, 1.54) is 0 Å². The molecule has 4 rings (SSSR count). The van der Waals surface area contributed by atoms with E-state index in [0.29, 0.717) is 37.9 Å². The van der Waals surface area contributed by atoms with E-state index in [-0.39, 0.29) is 18.2 Å². The summed E-state index contributed by atoms with van der Waals surface area (Å²) >= 11 is 0. The zero-order chi connectivity index (χ0) is 29.1. The summed E-state index contributed by atoms with van der Waals surface area (Å²) in [5.41, 5.74) is 2.07. The van der Waals surface area contributed by atoms with Crippen molar-refractivity contribution in [1.29, 1.82) is 0 Å². The van der Waals surface area contributed by atoms with Crippen LogP contribution < -0.4 is 15.4 Å². The molecule has 3 amide bonds. The van der Waals surface area contributed by atoms with Crippen LogP contribution in [0.3, 0.4) is 0 Å². The topological polar surface area (TPSA) is 107 Å². The molecule has 0 radical (unpaired) electrons. The summed E-state index contributed by atoms with van der Waals surface area (Å²) in [6.07, 6.45) is 1.64. The maximum Gasteiger partial charge on any atom is 0.410 e. The van der Waals surface area contributed by atoms with Crippen molar-refractivity contribution in [3.8, 4) is 16.9 Å². The Morgan fingerprint density at radius 3 is 2.48 bits per heavy atom. The fraction of sp³-hybridized carbons (Fsp3) is 0.483. The van der Waals surface area contributed by atoms with Crippen LogP contribution in [0.15, 0.2) is 42.6 Å². The van der Waals surface area contributed by atoms with Crippen LogP contribution in [0.1, 0.15) is 20.8 Å². The fourth-order valence-corrected chi connectivity index (χ4v) is 5.10. The van der Waals surface area contributed by atoms with Crippen LogP contribution in [-0.2, 0) is 16.2 Å². The number of urea groups is 1. The predicted octanol–water partition coefficient (Wildman–Crippen LogP) is 5.77. The highest BCUT2D eigenvalue weighted by molar-refractivity contribution is 6.76. The number of carbonyl (C=O) groups excluding carboxylic acids is 2. The number of hydrogen-bond acceptors (Lipinski definition) is 6. The standard InChI is InChI=1S/C29H41N5O5Si/c1-29(2,3)39-28(36)33-16-20(17-33)30-27(35)32-25-13-12-22-23(21-10-8-9-11-24(21)37-4)18-34(26(22)31-25)19-38-14-15-40(5,6)7/h8-13,18,20H,14-17,19H2,1-7H3,(H2,30,31,32,35). The van der Waals surface area contributed by atoms with Crippen LogP contribution in [0.25, 0.3) is 22.2 Å². The largest absolute Gasteiger partial charge is 0.496 e. The lowest BCUT2D eigenvalue weighted by atomic mass is 10.0. The number of aromatic nitrogens is 2. The molecule has 40 heavy (non-hydrogen) atoms. The first-order valence-corrected chi connectivity index (χ1v) is 17.3. The fourth-order valence-electron chi connectivity index (χ4n) is 4.34. The molecule has 0 bridgehead atoms. The molecular formula is C29H41N5O5Si. The molecule has 2 N–H and O–H groups in total. The Labute approximate surface area is 237 Å². The highest BCUT2D eigenvalue weighted by atomic mass is 28.3. The van der Waals surface area contributed by atoms with Crippen molar-refractivity contribution in [3.63, 3.8) is 0 Å². The van der Waals surface area contributed by atoms with Crippen molar-refractivity contribution < 1.29 is 23.8 Å². The van der Waals surface area contributed by atoms with Crippen LogP contribution in [0.5, 0.6) is 5.75 Å². The molecule has 10 nitrogen and oxygen atoms in total. The van der Waals surface area contributed by atoms with Gasteiger partial charge in [-0.05, 0) is 45.0 Å². The Kier molecular flexibility index (Phi) is 8.74. The number of amides is 3. The minimum Gasteiger partial charge on any atom is -0.496 e. The minimum absolute atomic E-state index is 0.156. The third kappa shape index (κ3) is 7.54. The number of ether oxygens (including phenoxy) is 3. The maximum absolute atomic E-state index is 12.7. The van der Waals surface area contributed by atoms with E-state index in [2.05, 4.69) is 30.3 Å². The second-order valence-electron chi connectivity index (χ2n) is 12.3. The SMILES string of the molecule is COc1ccccc1-c1cn(COCC[Si](C)(C)C)c2nc(NC(=O)NC3CN(C(=O)OC(C)(C)C)C3)ccc12. The molecule has 11 heteroatoms. The van der Waals surface area contributed by atoms with E-state index in [4.69, 9.17) is 19.2 Å². The van der Waals surface area contributed by atoms with E-state index < -0.39 is 13.7 Å². The summed E-state index contributed by atoms with van der Waals surface area (Å²) in [6.45, 7) is 14.3. The molecule has 0 aliphatic carbocycles. The number of carbonyl (C=O) groups is 2. The second-order valence-corrected chi connectivity index (χ2v) is 17.9. The molecule has 216 valence electrons. The van der Waals surface area contributed by atoms with Gasteiger partial charge in [-0.25, -0.2) is 14.6 Å².